The van der Waals surface area contributed by atoms with E-state index in [1.165, 1.54) is 44.1 Å². The highest BCUT2D eigenvalue weighted by molar-refractivity contribution is 5.88. The second-order valence-electron chi connectivity index (χ2n) is 13.3. The number of hydrogen-bond donors (Lipinski definition) is 1. The number of carboxylic acid groups (broad SMARTS) is 1. The molecule has 0 bridgehead atoms. The Labute approximate surface area is 205 Å². The minimum absolute atomic E-state index is 0.00834. The van der Waals surface area contributed by atoms with Crippen LogP contribution >= 0.6 is 0 Å². The minimum atomic E-state index is -0.660. The third-order valence-electron chi connectivity index (χ3n) is 12.4. The van der Waals surface area contributed by atoms with Crippen molar-refractivity contribution in [1.29, 1.82) is 0 Å². The molecule has 0 saturated heterocycles. The summed E-state index contributed by atoms with van der Waals surface area (Å²) in [6.45, 7) is 15.8. The molecule has 1 heterocycles. The summed E-state index contributed by atoms with van der Waals surface area (Å²) in [5, 5.41) is 9.53. The summed E-state index contributed by atoms with van der Waals surface area (Å²) in [7, 11) is 0. The summed E-state index contributed by atoms with van der Waals surface area (Å²) >= 11 is 0. The molecule has 1 N–H and O–H groups in total. The van der Waals surface area contributed by atoms with Gasteiger partial charge in [-0.1, -0.05) is 39.0 Å². The zero-order valence-electron chi connectivity index (χ0n) is 21.9. The number of carboxylic acids is 1. The molecule has 1 spiro atoms. The second-order valence-corrected chi connectivity index (χ2v) is 13.3. The first-order valence-electron chi connectivity index (χ1n) is 13.7. The van der Waals surface area contributed by atoms with Crippen LogP contribution in [-0.4, -0.2) is 23.1 Å². The Hall–Kier alpha value is -1.58. The van der Waals surface area contributed by atoms with Gasteiger partial charge in [0.25, 0.3) is 0 Å². The molecule has 4 fully saturated rings. The van der Waals surface area contributed by atoms with E-state index in [1.807, 2.05) is 6.92 Å². The number of hydrogen-bond acceptors (Lipinski definition) is 3. The number of rotatable bonds is 6. The smallest absolute Gasteiger partial charge is 0.333 e. The first-order chi connectivity index (χ1) is 15.9. The van der Waals surface area contributed by atoms with Gasteiger partial charge in [-0.25, -0.2) is 4.79 Å². The number of aliphatic carboxylic acids is 1. The highest BCUT2D eigenvalue weighted by Crippen LogP contribution is 2.87. The third-order valence-corrected chi connectivity index (χ3v) is 12.4. The van der Waals surface area contributed by atoms with Crippen molar-refractivity contribution in [3.8, 4) is 0 Å². The molecule has 5 aliphatic rings. The second kappa shape index (κ2) is 7.71. The lowest BCUT2D eigenvalue weighted by atomic mass is 9.43. The van der Waals surface area contributed by atoms with Crippen molar-refractivity contribution < 1.29 is 19.4 Å². The molecule has 0 radical (unpaired) electrons. The highest BCUT2D eigenvalue weighted by atomic mass is 16.5. The lowest BCUT2D eigenvalue weighted by Gasteiger charge is -2.61. The predicted octanol–water partition coefficient (Wildman–Crippen LogP) is 6.94. The summed E-state index contributed by atoms with van der Waals surface area (Å²) < 4.78 is 5.90. The molecule has 4 saturated carbocycles. The lowest BCUT2D eigenvalue weighted by molar-refractivity contribution is -0.155. The minimum Gasteiger partial charge on any atom is -0.481 e. The molecule has 4 aliphatic carbocycles. The molecule has 4 heteroatoms. The van der Waals surface area contributed by atoms with Crippen molar-refractivity contribution >= 4 is 11.9 Å². The van der Waals surface area contributed by atoms with E-state index >= 15 is 0 Å². The number of carbonyl (C=O) groups is 2. The van der Waals surface area contributed by atoms with E-state index in [0.29, 0.717) is 29.1 Å². The molecule has 0 unspecified atom stereocenters. The summed E-state index contributed by atoms with van der Waals surface area (Å²) in [5.74, 6) is 1.26. The standard InChI is InChI=1S/C30H44O4/c1-18(2)21-8-10-24-28(6)13-11-22(20(4)23-9-7-19(3)26(33)34-23)27(28,5)15-16-30(24)17-29(21,30)14-12-25(31)32/h7,20-24H,1,8-17H2,2-6H3,(H,31,32)/t20-,21-,22-,23+,24+,27-,28+,29-,30+/m1/s1. The van der Waals surface area contributed by atoms with Crippen LogP contribution in [-0.2, 0) is 14.3 Å². The van der Waals surface area contributed by atoms with Crippen molar-refractivity contribution in [1.82, 2.24) is 0 Å². The van der Waals surface area contributed by atoms with Crippen LogP contribution in [0.2, 0.25) is 0 Å². The van der Waals surface area contributed by atoms with Gasteiger partial charge in [0.1, 0.15) is 6.10 Å². The Morgan fingerprint density at radius 3 is 2.59 bits per heavy atom. The molecule has 188 valence electrons. The van der Waals surface area contributed by atoms with Crippen molar-refractivity contribution in [2.75, 3.05) is 0 Å². The summed E-state index contributed by atoms with van der Waals surface area (Å²) in [4.78, 5) is 23.9. The molecule has 4 nitrogen and oxygen atoms in total. The van der Waals surface area contributed by atoms with E-state index in [-0.39, 0.29) is 34.7 Å². The Kier molecular flexibility index (Phi) is 5.47. The Balaban J connectivity index is 1.43. The van der Waals surface area contributed by atoms with Gasteiger partial charge >= 0.3 is 11.9 Å². The monoisotopic (exact) mass is 468 g/mol. The quantitative estimate of drug-likeness (QED) is 0.339. The number of ether oxygens (including phenoxy) is 1. The van der Waals surface area contributed by atoms with Gasteiger partial charge in [-0.3, -0.25) is 4.79 Å². The van der Waals surface area contributed by atoms with Gasteiger partial charge < -0.3 is 9.84 Å². The molecule has 5 rings (SSSR count). The van der Waals surface area contributed by atoms with E-state index in [9.17, 15) is 14.7 Å². The van der Waals surface area contributed by atoms with E-state index < -0.39 is 5.97 Å². The van der Waals surface area contributed by atoms with Crippen LogP contribution in [0.25, 0.3) is 0 Å². The number of esters is 1. The maximum absolute atomic E-state index is 12.3. The van der Waals surface area contributed by atoms with E-state index in [2.05, 4.69) is 40.3 Å². The van der Waals surface area contributed by atoms with Gasteiger partial charge in [0.2, 0.25) is 0 Å². The fraction of sp³-hybridized carbons (Fsp3) is 0.800. The molecule has 0 aromatic rings. The summed E-state index contributed by atoms with van der Waals surface area (Å²) in [6, 6.07) is 0. The molecule has 0 aromatic heterocycles. The van der Waals surface area contributed by atoms with Gasteiger partial charge in [0.15, 0.2) is 0 Å². The highest BCUT2D eigenvalue weighted by Gasteiger charge is 2.80. The maximum atomic E-state index is 12.3. The van der Waals surface area contributed by atoms with Crippen LogP contribution in [0.3, 0.4) is 0 Å². The predicted molar refractivity (Wildman–Crippen MR) is 133 cm³/mol. The number of allylic oxidation sites excluding steroid dienone is 1. The number of cyclic esters (lactones) is 1. The Morgan fingerprint density at radius 1 is 1.21 bits per heavy atom. The first-order valence-corrected chi connectivity index (χ1v) is 13.7. The average Bonchev–Trinajstić information content (AvgIpc) is 3.37. The van der Waals surface area contributed by atoms with E-state index in [0.717, 1.165) is 24.8 Å². The van der Waals surface area contributed by atoms with Gasteiger partial charge in [0.05, 0.1) is 0 Å². The van der Waals surface area contributed by atoms with E-state index in [4.69, 9.17) is 4.74 Å². The molecular formula is C30H44O4. The SMILES string of the molecule is C=C(C)[C@H]1CC[C@@H]2[C@]3(CC[C@]4(C)[C@@H]([C@@H](C)[C@@H]5CC=C(C)C(=O)O5)CC[C@@]24C)C[C@]13CCC(=O)O. The molecule has 0 amide bonds. The summed E-state index contributed by atoms with van der Waals surface area (Å²) in [5.41, 5.74) is 2.95. The molecule has 1 aliphatic heterocycles. The fourth-order valence-corrected chi connectivity index (χ4v) is 10.4. The zero-order valence-corrected chi connectivity index (χ0v) is 21.9. The van der Waals surface area contributed by atoms with Crippen LogP contribution in [0, 0.1) is 45.3 Å². The van der Waals surface area contributed by atoms with Crippen molar-refractivity contribution in [3.05, 3.63) is 23.8 Å². The van der Waals surface area contributed by atoms with Gasteiger partial charge in [-0.2, -0.15) is 0 Å². The van der Waals surface area contributed by atoms with Crippen molar-refractivity contribution in [3.63, 3.8) is 0 Å². The van der Waals surface area contributed by atoms with Crippen LogP contribution < -0.4 is 0 Å². The summed E-state index contributed by atoms with van der Waals surface area (Å²) in [6.07, 6.45) is 12.5. The molecule has 9 atom stereocenters. The maximum Gasteiger partial charge on any atom is 0.333 e. The molecular weight excluding hydrogens is 424 g/mol. The van der Waals surface area contributed by atoms with Crippen LogP contribution in [0.4, 0.5) is 0 Å². The zero-order chi connectivity index (χ0) is 24.7. The Bertz CT molecular complexity index is 949. The van der Waals surface area contributed by atoms with Gasteiger partial charge in [-0.15, -0.1) is 0 Å². The van der Waals surface area contributed by atoms with Gasteiger partial charge in [0, 0.05) is 18.4 Å². The average molecular weight is 469 g/mol. The first kappa shape index (κ1) is 24.1. The number of carbonyl (C=O) groups excluding carboxylic acids is 1. The molecule has 34 heavy (non-hydrogen) atoms. The Morgan fingerprint density at radius 2 is 1.94 bits per heavy atom. The van der Waals surface area contributed by atoms with Crippen molar-refractivity contribution in [2.45, 2.75) is 105 Å². The van der Waals surface area contributed by atoms with Crippen molar-refractivity contribution in [2.24, 2.45) is 45.3 Å². The van der Waals surface area contributed by atoms with Crippen LogP contribution in [0.1, 0.15) is 98.8 Å². The number of fused-ring (bicyclic) bond motifs is 2. The van der Waals surface area contributed by atoms with Gasteiger partial charge in [-0.05, 0) is 111 Å². The lowest BCUT2D eigenvalue weighted by Crippen LogP contribution is -2.55. The molecule has 0 aromatic carbocycles. The largest absolute Gasteiger partial charge is 0.481 e. The topological polar surface area (TPSA) is 63.6 Å². The van der Waals surface area contributed by atoms with Crippen LogP contribution in [0.5, 0.6) is 0 Å². The van der Waals surface area contributed by atoms with E-state index in [1.54, 1.807) is 0 Å². The third kappa shape index (κ3) is 3.02. The fourth-order valence-electron chi connectivity index (χ4n) is 10.4. The van der Waals surface area contributed by atoms with Crippen LogP contribution in [0.15, 0.2) is 23.8 Å². The normalized spacial score (nSPS) is 48.0.